The van der Waals surface area contributed by atoms with Crippen molar-refractivity contribution in [2.45, 2.75) is 69.7 Å². The van der Waals surface area contributed by atoms with Crippen molar-refractivity contribution in [3.63, 3.8) is 0 Å². The summed E-state index contributed by atoms with van der Waals surface area (Å²) in [7, 11) is 0. The number of hydrogen-bond donors (Lipinski definition) is 1. The van der Waals surface area contributed by atoms with Gasteiger partial charge in [0, 0.05) is 23.6 Å². The molecule has 5 nitrogen and oxygen atoms in total. The minimum Gasteiger partial charge on any atom is -0.464 e. The summed E-state index contributed by atoms with van der Waals surface area (Å²) >= 11 is 0. The van der Waals surface area contributed by atoms with Crippen LogP contribution in [0.2, 0.25) is 0 Å². The number of nitrogens with zero attached hydrogens (tertiary/aromatic N) is 1. The smallest absolute Gasteiger partial charge is 0.225 e. The number of carbonyl (C=O) groups is 1. The van der Waals surface area contributed by atoms with Crippen molar-refractivity contribution in [2.24, 2.45) is 11.8 Å². The highest BCUT2D eigenvalue weighted by atomic mass is 16.5. The van der Waals surface area contributed by atoms with Gasteiger partial charge < -0.3 is 19.4 Å². The normalized spacial score (nSPS) is 28.1. The first-order chi connectivity index (χ1) is 15.8. The minimum absolute atomic E-state index is 0.0736. The van der Waals surface area contributed by atoms with E-state index in [1.165, 1.54) is 62.7 Å². The number of fused-ring (bicyclic) bond motifs is 1. The largest absolute Gasteiger partial charge is 0.464 e. The molecule has 1 amide bonds. The molecule has 0 spiro atoms. The summed E-state index contributed by atoms with van der Waals surface area (Å²) < 4.78 is 11.3. The number of rotatable bonds is 6. The van der Waals surface area contributed by atoms with E-state index in [9.17, 15) is 4.79 Å². The third-order valence-electron chi connectivity index (χ3n) is 8.12. The van der Waals surface area contributed by atoms with Crippen molar-refractivity contribution < 1.29 is 13.9 Å². The Labute approximate surface area is 191 Å². The van der Waals surface area contributed by atoms with E-state index >= 15 is 0 Å². The number of likely N-dealkylation sites (tertiary alicyclic amines) is 1. The summed E-state index contributed by atoms with van der Waals surface area (Å²) in [5, 5.41) is 4.61. The van der Waals surface area contributed by atoms with Gasteiger partial charge in [-0.3, -0.25) is 4.79 Å². The average Bonchev–Trinajstić information content (AvgIpc) is 3.29. The molecule has 0 radical (unpaired) electrons. The zero-order chi connectivity index (χ0) is 21.8. The van der Waals surface area contributed by atoms with Gasteiger partial charge in [-0.05, 0) is 95.3 Å². The highest BCUT2D eigenvalue weighted by molar-refractivity contribution is 5.81. The van der Waals surface area contributed by atoms with E-state index in [1.807, 2.05) is 12.3 Å². The molecule has 3 fully saturated rings. The summed E-state index contributed by atoms with van der Waals surface area (Å²) in [5.74, 6) is 1.74. The van der Waals surface area contributed by atoms with Crippen LogP contribution >= 0.6 is 0 Å². The Morgan fingerprint density at radius 2 is 1.84 bits per heavy atom. The fraction of sp³-hybridized carbons (Fsp3) is 0.667. The zero-order valence-electron chi connectivity index (χ0n) is 19.3. The summed E-state index contributed by atoms with van der Waals surface area (Å²) in [6.07, 6.45) is 12.5. The van der Waals surface area contributed by atoms with E-state index in [1.54, 1.807) is 0 Å². The first-order valence-electron chi connectivity index (χ1n) is 12.8. The molecule has 3 heterocycles. The van der Waals surface area contributed by atoms with Gasteiger partial charge in [-0.25, -0.2) is 0 Å². The molecular weight excluding hydrogens is 400 g/mol. The molecule has 5 rings (SSSR count). The Hall–Kier alpha value is -1.85. The summed E-state index contributed by atoms with van der Waals surface area (Å²) in [4.78, 5) is 15.1. The molecule has 5 heteroatoms. The maximum Gasteiger partial charge on any atom is 0.225 e. The van der Waals surface area contributed by atoms with Crippen LogP contribution in [0.4, 0.5) is 0 Å². The number of amides is 1. The van der Waals surface area contributed by atoms with E-state index in [0.29, 0.717) is 18.6 Å². The van der Waals surface area contributed by atoms with Crippen LogP contribution in [0.1, 0.15) is 69.3 Å². The molecule has 2 saturated heterocycles. The van der Waals surface area contributed by atoms with Crippen LogP contribution < -0.4 is 5.32 Å². The van der Waals surface area contributed by atoms with Crippen LogP contribution in [0.25, 0.3) is 11.0 Å². The second kappa shape index (κ2) is 10.4. The fourth-order valence-electron chi connectivity index (χ4n) is 6.01. The highest BCUT2D eigenvalue weighted by Crippen LogP contribution is 2.35. The lowest BCUT2D eigenvalue weighted by Crippen LogP contribution is -2.43. The van der Waals surface area contributed by atoms with Crippen LogP contribution in [-0.2, 0) is 9.53 Å². The first-order valence-corrected chi connectivity index (χ1v) is 12.8. The second-order valence-electron chi connectivity index (χ2n) is 10.2. The van der Waals surface area contributed by atoms with E-state index in [2.05, 4.69) is 28.4 Å². The monoisotopic (exact) mass is 438 g/mol. The van der Waals surface area contributed by atoms with Gasteiger partial charge in [-0.15, -0.1) is 0 Å². The maximum atomic E-state index is 12.5. The molecule has 1 aromatic carbocycles. The summed E-state index contributed by atoms with van der Waals surface area (Å²) in [6, 6.07) is 8.80. The molecule has 1 aliphatic carbocycles. The SMILES string of the molecule is O=C(N[C@H]1CC[C@H](CCN2CCC(c3coc4ccccc34)CC2)CC1)C1CCCOC1. The van der Waals surface area contributed by atoms with Crippen molar-refractivity contribution in [1.82, 2.24) is 10.2 Å². The lowest BCUT2D eigenvalue weighted by Gasteiger charge is -2.34. The molecule has 0 bridgehead atoms. The Kier molecular flexibility index (Phi) is 7.13. The molecule has 3 aliphatic rings. The van der Waals surface area contributed by atoms with Gasteiger partial charge in [0.25, 0.3) is 0 Å². The average molecular weight is 439 g/mol. The molecule has 2 aliphatic heterocycles. The lowest BCUT2D eigenvalue weighted by molar-refractivity contribution is -0.130. The van der Waals surface area contributed by atoms with E-state index in [-0.39, 0.29) is 11.8 Å². The van der Waals surface area contributed by atoms with Crippen molar-refractivity contribution in [1.29, 1.82) is 0 Å². The van der Waals surface area contributed by atoms with E-state index in [4.69, 9.17) is 9.15 Å². The number of hydrogen-bond acceptors (Lipinski definition) is 4. The number of para-hydroxylation sites is 1. The minimum atomic E-state index is 0.0736. The second-order valence-corrected chi connectivity index (χ2v) is 10.2. The first kappa shape index (κ1) is 22.0. The Morgan fingerprint density at radius 3 is 2.62 bits per heavy atom. The van der Waals surface area contributed by atoms with Gasteiger partial charge in [0.1, 0.15) is 5.58 Å². The molecule has 2 aromatic rings. The zero-order valence-corrected chi connectivity index (χ0v) is 19.3. The Balaban J connectivity index is 1.01. The predicted octanol–water partition coefficient (Wildman–Crippen LogP) is 5.10. The molecule has 1 atom stereocenters. The van der Waals surface area contributed by atoms with Gasteiger partial charge in [0.15, 0.2) is 0 Å². The molecule has 1 aromatic heterocycles. The number of carbonyl (C=O) groups excluding carboxylic acids is 1. The number of furan rings is 1. The van der Waals surface area contributed by atoms with Crippen molar-refractivity contribution in [3.8, 4) is 0 Å². The molecule has 1 N–H and O–H groups in total. The predicted molar refractivity (Wildman–Crippen MR) is 127 cm³/mol. The fourth-order valence-corrected chi connectivity index (χ4v) is 6.01. The lowest BCUT2D eigenvalue weighted by atomic mass is 9.83. The van der Waals surface area contributed by atoms with Crippen LogP contribution in [0, 0.1) is 11.8 Å². The number of piperidine rings is 1. The van der Waals surface area contributed by atoms with Crippen LogP contribution in [0.5, 0.6) is 0 Å². The third kappa shape index (κ3) is 5.20. The van der Waals surface area contributed by atoms with Crippen molar-refractivity contribution in [3.05, 3.63) is 36.1 Å². The van der Waals surface area contributed by atoms with Crippen LogP contribution in [-0.4, -0.2) is 49.7 Å². The van der Waals surface area contributed by atoms with E-state index < -0.39 is 0 Å². The number of nitrogens with one attached hydrogen (secondary N) is 1. The summed E-state index contributed by atoms with van der Waals surface area (Å²) in [5.41, 5.74) is 2.42. The Morgan fingerprint density at radius 1 is 1.03 bits per heavy atom. The van der Waals surface area contributed by atoms with Gasteiger partial charge >= 0.3 is 0 Å². The molecule has 1 saturated carbocycles. The standard InChI is InChI=1S/C27H38N2O3/c30-27(22-4-3-17-31-18-22)28-23-9-7-20(8-10-23)11-14-29-15-12-21(13-16-29)25-19-32-26-6-2-1-5-24(25)26/h1-2,5-6,19-23H,3-4,7-18H2,(H,28,30)/t20-,22?,23-. The van der Waals surface area contributed by atoms with Gasteiger partial charge in [0.05, 0.1) is 18.8 Å². The number of benzene rings is 1. The maximum absolute atomic E-state index is 12.5. The quantitative estimate of drug-likeness (QED) is 0.681. The van der Waals surface area contributed by atoms with Crippen molar-refractivity contribution >= 4 is 16.9 Å². The topological polar surface area (TPSA) is 54.7 Å². The molecule has 174 valence electrons. The Bertz CT molecular complexity index is 872. The highest BCUT2D eigenvalue weighted by Gasteiger charge is 2.28. The van der Waals surface area contributed by atoms with Crippen LogP contribution in [0.3, 0.4) is 0 Å². The van der Waals surface area contributed by atoms with Gasteiger partial charge in [0.2, 0.25) is 5.91 Å². The van der Waals surface area contributed by atoms with E-state index in [0.717, 1.165) is 43.8 Å². The van der Waals surface area contributed by atoms with Crippen molar-refractivity contribution in [2.75, 3.05) is 32.8 Å². The molecule has 32 heavy (non-hydrogen) atoms. The molecular formula is C27H38N2O3. The molecule has 1 unspecified atom stereocenters. The van der Waals surface area contributed by atoms with Crippen LogP contribution in [0.15, 0.2) is 34.9 Å². The third-order valence-corrected chi connectivity index (χ3v) is 8.12. The summed E-state index contributed by atoms with van der Waals surface area (Å²) in [6.45, 7) is 5.03. The number of ether oxygens (including phenoxy) is 1. The van der Waals surface area contributed by atoms with Gasteiger partial charge in [-0.2, -0.15) is 0 Å². The van der Waals surface area contributed by atoms with Gasteiger partial charge in [-0.1, -0.05) is 18.2 Å².